The minimum Gasteiger partial charge on any atom is -0.487 e. The van der Waals surface area contributed by atoms with Crippen LogP contribution in [-0.4, -0.2) is 23.4 Å². The van der Waals surface area contributed by atoms with E-state index in [0.717, 1.165) is 20.1 Å². The summed E-state index contributed by atoms with van der Waals surface area (Å²) in [7, 11) is 0. The Labute approximate surface area is 184 Å². The number of carbonyl (C=O) groups is 2. The van der Waals surface area contributed by atoms with Crippen molar-refractivity contribution >= 4 is 61.5 Å². The highest BCUT2D eigenvalue weighted by molar-refractivity contribution is 9.11. The highest BCUT2D eigenvalue weighted by Crippen LogP contribution is 2.36. The van der Waals surface area contributed by atoms with Crippen molar-refractivity contribution in [2.75, 3.05) is 6.54 Å². The van der Waals surface area contributed by atoms with Gasteiger partial charge in [0.2, 0.25) is 0 Å². The lowest BCUT2D eigenvalue weighted by Crippen LogP contribution is -2.31. The molecule has 3 amide bonds. The summed E-state index contributed by atoms with van der Waals surface area (Å²) in [6, 6.07) is 10.7. The molecule has 146 valence electrons. The Bertz CT molecular complexity index is 922. The first-order chi connectivity index (χ1) is 13.4. The third kappa shape index (κ3) is 4.77. The van der Waals surface area contributed by atoms with Crippen molar-refractivity contribution < 1.29 is 14.3 Å². The molecule has 0 saturated carbocycles. The van der Waals surface area contributed by atoms with E-state index >= 15 is 0 Å². The summed E-state index contributed by atoms with van der Waals surface area (Å²) >= 11 is 12.9. The summed E-state index contributed by atoms with van der Waals surface area (Å²) in [5, 5.41) is 3.29. The van der Waals surface area contributed by atoms with E-state index in [1.54, 1.807) is 6.08 Å². The fourth-order valence-electron chi connectivity index (χ4n) is 2.70. The van der Waals surface area contributed by atoms with Gasteiger partial charge in [-0.3, -0.25) is 9.69 Å². The van der Waals surface area contributed by atoms with Crippen molar-refractivity contribution in [3.63, 3.8) is 0 Å². The molecular formula is C20H17Br2ClN2O3. The summed E-state index contributed by atoms with van der Waals surface area (Å²) in [5.74, 6) is 0.327. The molecular weight excluding hydrogens is 511 g/mol. The van der Waals surface area contributed by atoms with Gasteiger partial charge in [-0.1, -0.05) is 30.7 Å². The molecule has 0 aromatic heterocycles. The van der Waals surface area contributed by atoms with Crippen molar-refractivity contribution in [1.82, 2.24) is 10.2 Å². The maximum Gasteiger partial charge on any atom is 0.329 e. The second-order valence-corrected chi connectivity index (χ2v) is 8.32. The number of urea groups is 1. The summed E-state index contributed by atoms with van der Waals surface area (Å²) in [4.78, 5) is 25.5. The van der Waals surface area contributed by atoms with Gasteiger partial charge >= 0.3 is 6.03 Å². The van der Waals surface area contributed by atoms with Gasteiger partial charge in [0.05, 0.1) is 8.95 Å². The molecule has 1 saturated heterocycles. The number of imide groups is 1. The SMILES string of the molecule is CCCN1C(=O)N/C(=C/c2cc(Br)c(OCc3ccc(Cl)cc3)c(Br)c2)C1=O. The minimum atomic E-state index is -0.390. The predicted molar refractivity (Wildman–Crippen MR) is 116 cm³/mol. The molecule has 8 heteroatoms. The van der Waals surface area contributed by atoms with Crippen molar-refractivity contribution in [1.29, 1.82) is 0 Å². The van der Waals surface area contributed by atoms with E-state index < -0.39 is 0 Å². The van der Waals surface area contributed by atoms with Crippen molar-refractivity contribution in [2.45, 2.75) is 20.0 Å². The Balaban J connectivity index is 1.77. The number of carbonyl (C=O) groups excluding carboxylic acids is 2. The van der Waals surface area contributed by atoms with Crippen molar-refractivity contribution in [3.05, 3.63) is 67.2 Å². The van der Waals surface area contributed by atoms with Gasteiger partial charge in [0, 0.05) is 11.6 Å². The highest BCUT2D eigenvalue weighted by Gasteiger charge is 2.32. The Morgan fingerprint density at radius 2 is 1.79 bits per heavy atom. The number of hydrogen-bond acceptors (Lipinski definition) is 3. The van der Waals surface area contributed by atoms with E-state index in [2.05, 4.69) is 37.2 Å². The smallest absolute Gasteiger partial charge is 0.329 e. The number of amides is 3. The van der Waals surface area contributed by atoms with Crippen LogP contribution in [0, 0.1) is 0 Å². The third-order valence-electron chi connectivity index (χ3n) is 4.04. The van der Waals surface area contributed by atoms with Crippen LogP contribution in [0.4, 0.5) is 4.79 Å². The maximum atomic E-state index is 12.3. The molecule has 3 rings (SSSR count). The molecule has 0 radical (unpaired) electrons. The van der Waals surface area contributed by atoms with Gasteiger partial charge in [-0.15, -0.1) is 0 Å². The Kier molecular flexibility index (Phi) is 6.80. The topological polar surface area (TPSA) is 58.6 Å². The molecule has 0 atom stereocenters. The molecule has 5 nitrogen and oxygen atoms in total. The Morgan fingerprint density at radius 3 is 2.39 bits per heavy atom. The molecule has 1 fully saturated rings. The summed E-state index contributed by atoms with van der Waals surface area (Å²) < 4.78 is 7.36. The fourth-order valence-corrected chi connectivity index (χ4v) is 4.28. The van der Waals surface area contributed by atoms with Crippen LogP contribution in [0.1, 0.15) is 24.5 Å². The molecule has 0 aliphatic carbocycles. The van der Waals surface area contributed by atoms with Crippen LogP contribution >= 0.6 is 43.5 Å². The molecule has 1 heterocycles. The van der Waals surface area contributed by atoms with Gasteiger partial charge in [-0.25, -0.2) is 4.79 Å². The van der Waals surface area contributed by atoms with Gasteiger partial charge in [0.15, 0.2) is 0 Å². The molecule has 0 spiro atoms. The lowest BCUT2D eigenvalue weighted by Gasteiger charge is -2.12. The number of ether oxygens (including phenoxy) is 1. The number of halogens is 3. The lowest BCUT2D eigenvalue weighted by molar-refractivity contribution is -0.122. The van der Waals surface area contributed by atoms with Crippen LogP contribution in [0.2, 0.25) is 5.02 Å². The average Bonchev–Trinajstić information content (AvgIpc) is 2.90. The fraction of sp³-hybridized carbons (Fsp3) is 0.200. The van der Waals surface area contributed by atoms with E-state index in [0.29, 0.717) is 30.3 Å². The van der Waals surface area contributed by atoms with Gasteiger partial charge in [-0.05, 0) is 79.7 Å². The number of nitrogens with zero attached hydrogens (tertiary/aromatic N) is 1. The van der Waals surface area contributed by atoms with E-state index in [1.807, 2.05) is 43.3 Å². The normalized spacial score (nSPS) is 15.3. The zero-order valence-electron chi connectivity index (χ0n) is 15.0. The van der Waals surface area contributed by atoms with Crippen LogP contribution in [0.3, 0.4) is 0 Å². The first kappa shape index (κ1) is 20.9. The second kappa shape index (κ2) is 9.11. The van der Waals surface area contributed by atoms with E-state index in [4.69, 9.17) is 16.3 Å². The zero-order chi connectivity index (χ0) is 20.3. The van der Waals surface area contributed by atoms with Crippen molar-refractivity contribution in [2.24, 2.45) is 0 Å². The van der Waals surface area contributed by atoms with Gasteiger partial charge in [0.1, 0.15) is 18.1 Å². The maximum absolute atomic E-state index is 12.3. The lowest BCUT2D eigenvalue weighted by atomic mass is 10.2. The molecule has 1 aliphatic heterocycles. The molecule has 2 aromatic rings. The highest BCUT2D eigenvalue weighted by atomic mass is 79.9. The standard InChI is InChI=1S/C20H17Br2ClN2O3/c1-2-7-25-19(26)17(24-20(25)27)10-13-8-15(21)18(16(22)9-13)28-11-12-3-5-14(23)6-4-12/h3-6,8-10H,2,7,11H2,1H3,(H,24,27)/b17-10+. The zero-order valence-corrected chi connectivity index (χ0v) is 18.9. The predicted octanol–water partition coefficient (Wildman–Crippen LogP) is 5.75. The molecule has 0 unspecified atom stereocenters. The van der Waals surface area contributed by atoms with Gasteiger partial charge in [0.25, 0.3) is 5.91 Å². The summed E-state index contributed by atoms with van der Waals surface area (Å²) in [6.07, 6.45) is 2.36. The van der Waals surface area contributed by atoms with Crippen LogP contribution in [-0.2, 0) is 11.4 Å². The van der Waals surface area contributed by atoms with Crippen LogP contribution < -0.4 is 10.1 Å². The number of hydrogen-bond donors (Lipinski definition) is 1. The monoisotopic (exact) mass is 526 g/mol. The summed E-state index contributed by atoms with van der Waals surface area (Å²) in [5.41, 5.74) is 2.00. The first-order valence-corrected chi connectivity index (χ1v) is 10.6. The largest absolute Gasteiger partial charge is 0.487 e. The molecule has 28 heavy (non-hydrogen) atoms. The van der Waals surface area contributed by atoms with Crippen LogP contribution in [0.5, 0.6) is 5.75 Å². The average molecular weight is 529 g/mol. The van der Waals surface area contributed by atoms with Crippen LogP contribution in [0.25, 0.3) is 6.08 Å². The number of rotatable bonds is 6. The number of benzene rings is 2. The van der Waals surface area contributed by atoms with Gasteiger partial charge < -0.3 is 10.1 Å². The first-order valence-electron chi connectivity index (χ1n) is 8.60. The van der Waals surface area contributed by atoms with E-state index in [-0.39, 0.29) is 17.6 Å². The molecule has 0 bridgehead atoms. The Hall–Kier alpha value is -1.83. The van der Waals surface area contributed by atoms with Crippen LogP contribution in [0.15, 0.2) is 51.0 Å². The van der Waals surface area contributed by atoms with E-state index in [9.17, 15) is 9.59 Å². The van der Waals surface area contributed by atoms with Gasteiger partial charge in [-0.2, -0.15) is 0 Å². The third-order valence-corrected chi connectivity index (χ3v) is 5.47. The minimum absolute atomic E-state index is 0.257. The second-order valence-electron chi connectivity index (χ2n) is 6.17. The molecule has 1 N–H and O–H groups in total. The van der Waals surface area contributed by atoms with E-state index in [1.165, 1.54) is 4.90 Å². The summed E-state index contributed by atoms with van der Waals surface area (Å²) in [6.45, 7) is 2.70. The molecule has 1 aliphatic rings. The Morgan fingerprint density at radius 1 is 1.14 bits per heavy atom. The molecule has 2 aromatic carbocycles. The number of nitrogens with one attached hydrogen (secondary N) is 1. The quantitative estimate of drug-likeness (QED) is 0.384. The van der Waals surface area contributed by atoms with Crippen molar-refractivity contribution in [3.8, 4) is 5.75 Å².